The van der Waals surface area contributed by atoms with Crippen molar-refractivity contribution in [3.05, 3.63) is 91.5 Å². The summed E-state index contributed by atoms with van der Waals surface area (Å²) in [6.07, 6.45) is 5.64. The van der Waals surface area contributed by atoms with E-state index < -0.39 is 35.6 Å². The molecular weight excluding hydrogens is 530 g/mol. The molecule has 8 heteroatoms. The number of unbranched alkanes of at least 4 members (excludes halogenated alkanes) is 1. The van der Waals surface area contributed by atoms with Crippen LogP contribution in [-0.4, -0.2) is 76.6 Å². The van der Waals surface area contributed by atoms with E-state index in [9.17, 15) is 19.5 Å². The van der Waals surface area contributed by atoms with Gasteiger partial charge in [-0.3, -0.25) is 14.4 Å². The summed E-state index contributed by atoms with van der Waals surface area (Å²) in [5.74, 6) is -2.37. The fraction of sp³-hybridized carbons (Fsp3) is 0.441. The summed E-state index contributed by atoms with van der Waals surface area (Å²) in [4.78, 5) is 48.4. The van der Waals surface area contributed by atoms with Crippen molar-refractivity contribution < 1.29 is 24.2 Å². The van der Waals surface area contributed by atoms with Gasteiger partial charge in [0, 0.05) is 25.3 Å². The molecule has 0 aromatic heterocycles. The van der Waals surface area contributed by atoms with Gasteiger partial charge in [-0.1, -0.05) is 74.0 Å². The lowest BCUT2D eigenvalue weighted by Gasteiger charge is -2.39. The zero-order valence-corrected chi connectivity index (χ0v) is 24.3. The number of amides is 3. The lowest BCUT2D eigenvalue weighted by atomic mass is 9.70. The molecule has 1 N–H and O–H groups in total. The Balaban J connectivity index is 1.60. The number of ether oxygens (including phenoxy) is 1. The van der Waals surface area contributed by atoms with Crippen LogP contribution in [-0.2, 0) is 19.1 Å². The number of benzene rings is 2. The summed E-state index contributed by atoms with van der Waals surface area (Å²) in [5.41, 5.74) is 0.272. The predicted octanol–water partition coefficient (Wildman–Crippen LogP) is 4.13. The Labute approximate surface area is 248 Å². The van der Waals surface area contributed by atoms with E-state index >= 15 is 0 Å². The summed E-state index contributed by atoms with van der Waals surface area (Å²) in [7, 11) is 0. The molecule has 2 aromatic carbocycles. The third-order valence-electron chi connectivity index (χ3n) is 9.04. The van der Waals surface area contributed by atoms with Crippen LogP contribution in [0.1, 0.15) is 44.2 Å². The number of hydrogen-bond acceptors (Lipinski definition) is 5. The minimum Gasteiger partial charge on any atom is -0.394 e. The molecular formula is C34H41N3O5. The molecule has 8 nitrogen and oxygen atoms in total. The number of likely N-dealkylation sites (tertiary alicyclic amines) is 1. The summed E-state index contributed by atoms with van der Waals surface area (Å²) < 4.78 is 6.69. The molecule has 3 fully saturated rings. The second-order valence-electron chi connectivity index (χ2n) is 11.4. The van der Waals surface area contributed by atoms with E-state index in [4.69, 9.17) is 4.74 Å². The van der Waals surface area contributed by atoms with E-state index in [1.807, 2.05) is 60.7 Å². The first-order chi connectivity index (χ1) is 20.4. The number of fused-ring (bicyclic) bond motifs is 1. The first kappa shape index (κ1) is 29.7. The highest BCUT2D eigenvalue weighted by Crippen LogP contribution is 2.60. The van der Waals surface area contributed by atoms with Crippen molar-refractivity contribution in [2.24, 2.45) is 11.8 Å². The van der Waals surface area contributed by atoms with Gasteiger partial charge in [-0.2, -0.15) is 0 Å². The number of nitrogens with zero attached hydrogens (tertiary/aromatic N) is 3. The SMILES string of the molecule is C=CCN(CCCC)C(=O)C1N([C@H](CO)c2ccccc2)C(=O)[C@@H]2[C@@H](C(=O)N(CC=C)c3ccccc3)[C@H]3CCC12O3. The molecule has 1 spiro atoms. The third-order valence-corrected chi connectivity index (χ3v) is 9.04. The Morgan fingerprint density at radius 3 is 2.36 bits per heavy atom. The predicted molar refractivity (Wildman–Crippen MR) is 161 cm³/mol. The normalized spacial score (nSPS) is 26.5. The highest BCUT2D eigenvalue weighted by Gasteiger charge is 2.75. The molecule has 0 saturated carbocycles. The fourth-order valence-electron chi connectivity index (χ4n) is 7.23. The minimum absolute atomic E-state index is 0.215. The lowest BCUT2D eigenvalue weighted by Crippen LogP contribution is -2.57. The first-order valence-corrected chi connectivity index (χ1v) is 15.0. The number of rotatable bonds is 13. The van der Waals surface area contributed by atoms with Crippen molar-refractivity contribution in [3.63, 3.8) is 0 Å². The Hall–Kier alpha value is -3.75. The largest absolute Gasteiger partial charge is 0.394 e. The maximum Gasteiger partial charge on any atom is 0.248 e. The molecule has 3 amide bonds. The summed E-state index contributed by atoms with van der Waals surface area (Å²) in [6, 6.07) is 16.9. The second kappa shape index (κ2) is 12.6. The van der Waals surface area contributed by atoms with E-state index in [0.29, 0.717) is 31.6 Å². The molecule has 2 bridgehead atoms. The first-order valence-electron chi connectivity index (χ1n) is 15.0. The van der Waals surface area contributed by atoms with Gasteiger partial charge in [0.1, 0.15) is 11.6 Å². The van der Waals surface area contributed by atoms with Crippen molar-refractivity contribution in [1.29, 1.82) is 0 Å². The summed E-state index contributed by atoms with van der Waals surface area (Å²) in [6.45, 7) is 10.5. The summed E-state index contributed by atoms with van der Waals surface area (Å²) in [5, 5.41) is 10.7. The van der Waals surface area contributed by atoms with E-state index in [-0.39, 0.29) is 30.9 Å². The van der Waals surface area contributed by atoms with E-state index in [0.717, 1.165) is 18.4 Å². The third kappa shape index (κ3) is 4.96. The van der Waals surface area contributed by atoms with E-state index in [2.05, 4.69) is 20.1 Å². The number of hydrogen-bond donors (Lipinski definition) is 1. The smallest absolute Gasteiger partial charge is 0.248 e. The van der Waals surface area contributed by atoms with Gasteiger partial charge in [-0.15, -0.1) is 13.2 Å². The Morgan fingerprint density at radius 1 is 1.07 bits per heavy atom. The number of carbonyl (C=O) groups is 3. The average Bonchev–Trinajstić information content (AvgIpc) is 3.66. The van der Waals surface area contributed by atoms with Crippen molar-refractivity contribution in [2.45, 2.75) is 56.4 Å². The van der Waals surface area contributed by atoms with Crippen LogP contribution >= 0.6 is 0 Å². The van der Waals surface area contributed by atoms with Crippen LogP contribution in [0.25, 0.3) is 0 Å². The molecule has 3 saturated heterocycles. The number of anilines is 1. The topological polar surface area (TPSA) is 90.4 Å². The summed E-state index contributed by atoms with van der Waals surface area (Å²) >= 11 is 0. The van der Waals surface area contributed by atoms with Crippen LogP contribution < -0.4 is 4.90 Å². The molecule has 0 aliphatic carbocycles. The number of aliphatic hydroxyl groups is 1. The number of aliphatic hydroxyl groups excluding tert-OH is 1. The zero-order valence-electron chi connectivity index (χ0n) is 24.3. The molecule has 0 radical (unpaired) electrons. The van der Waals surface area contributed by atoms with Crippen LogP contribution in [0.3, 0.4) is 0 Å². The van der Waals surface area contributed by atoms with Gasteiger partial charge >= 0.3 is 0 Å². The maximum atomic E-state index is 14.6. The van der Waals surface area contributed by atoms with Crippen molar-refractivity contribution in [2.75, 3.05) is 31.1 Å². The van der Waals surface area contributed by atoms with Gasteiger partial charge in [-0.05, 0) is 37.0 Å². The van der Waals surface area contributed by atoms with Crippen LogP contribution in [0, 0.1) is 11.8 Å². The van der Waals surface area contributed by atoms with Crippen LogP contribution in [0.5, 0.6) is 0 Å². The Morgan fingerprint density at radius 2 is 1.74 bits per heavy atom. The molecule has 42 heavy (non-hydrogen) atoms. The van der Waals surface area contributed by atoms with Gasteiger partial charge in [0.2, 0.25) is 17.7 Å². The Kier molecular flexibility index (Phi) is 8.94. The fourth-order valence-corrected chi connectivity index (χ4v) is 7.23. The maximum absolute atomic E-state index is 14.6. The second-order valence-corrected chi connectivity index (χ2v) is 11.4. The average molecular weight is 572 g/mol. The van der Waals surface area contributed by atoms with E-state index in [1.165, 1.54) is 4.90 Å². The number of para-hydroxylation sites is 1. The molecule has 5 rings (SSSR count). The highest BCUT2D eigenvalue weighted by atomic mass is 16.5. The zero-order chi connectivity index (χ0) is 29.9. The molecule has 6 atom stereocenters. The number of carbonyl (C=O) groups excluding carboxylic acids is 3. The Bertz CT molecular complexity index is 1300. The molecule has 222 valence electrons. The van der Waals surface area contributed by atoms with Gasteiger partial charge in [0.25, 0.3) is 0 Å². The van der Waals surface area contributed by atoms with Gasteiger partial charge in [0.05, 0.1) is 30.6 Å². The van der Waals surface area contributed by atoms with Crippen molar-refractivity contribution in [1.82, 2.24) is 9.80 Å². The van der Waals surface area contributed by atoms with Crippen molar-refractivity contribution in [3.8, 4) is 0 Å². The molecule has 3 aliphatic heterocycles. The molecule has 3 aliphatic rings. The molecule has 2 aromatic rings. The van der Waals surface area contributed by atoms with Gasteiger partial charge in [0.15, 0.2) is 0 Å². The van der Waals surface area contributed by atoms with Gasteiger partial charge in [-0.25, -0.2) is 0 Å². The van der Waals surface area contributed by atoms with Crippen molar-refractivity contribution >= 4 is 23.4 Å². The molecule has 3 heterocycles. The van der Waals surface area contributed by atoms with Crippen LogP contribution in [0.4, 0.5) is 5.69 Å². The monoisotopic (exact) mass is 571 g/mol. The van der Waals surface area contributed by atoms with Gasteiger partial charge < -0.3 is 24.5 Å². The quantitative estimate of drug-likeness (QED) is 0.365. The standard InChI is InChI=1S/C34H41N3O5/c1-4-7-22-35(20-5-2)33(41)30-34-19-18-27(42-34)28(31(39)36(21-6-3)25-16-12-9-13-17-25)29(34)32(40)37(30)26(23-38)24-14-10-8-11-15-24/h5-6,8-17,26-30,38H,2-4,7,18-23H2,1H3/t26-,27-,28+,29+,30?,34?/m1/s1. The minimum atomic E-state index is -1.16. The van der Waals surface area contributed by atoms with Crippen LogP contribution in [0.15, 0.2) is 86.0 Å². The van der Waals surface area contributed by atoms with E-state index in [1.54, 1.807) is 22.0 Å². The highest BCUT2D eigenvalue weighted by molar-refractivity contribution is 6.03. The lowest BCUT2D eigenvalue weighted by molar-refractivity contribution is -0.151. The van der Waals surface area contributed by atoms with Crippen LogP contribution in [0.2, 0.25) is 0 Å². The molecule has 2 unspecified atom stereocenters.